The highest BCUT2D eigenvalue weighted by Crippen LogP contribution is 2.21. The van der Waals surface area contributed by atoms with E-state index in [-0.39, 0.29) is 17.5 Å². The van der Waals surface area contributed by atoms with Gasteiger partial charge in [-0.3, -0.25) is 9.69 Å². The Hall–Kier alpha value is -2.12. The number of benzene rings is 1. The largest absolute Gasteiger partial charge is 0.379 e. The van der Waals surface area contributed by atoms with Crippen LogP contribution in [0.5, 0.6) is 0 Å². The molecule has 0 aromatic heterocycles. The minimum atomic E-state index is -0.265. The van der Waals surface area contributed by atoms with Crippen molar-refractivity contribution < 1.29 is 14.3 Å². The number of carbonyl (C=O) groups is 2. The summed E-state index contributed by atoms with van der Waals surface area (Å²) < 4.78 is 5.40. The first-order valence-electron chi connectivity index (χ1n) is 9.64. The van der Waals surface area contributed by atoms with Gasteiger partial charge in [-0.1, -0.05) is 6.07 Å². The van der Waals surface area contributed by atoms with Crippen LogP contribution in [0.15, 0.2) is 18.2 Å². The third-order valence-corrected chi connectivity index (χ3v) is 5.21. The van der Waals surface area contributed by atoms with Crippen LogP contribution in [0, 0.1) is 6.92 Å². The van der Waals surface area contributed by atoms with Crippen LogP contribution >= 0.6 is 0 Å². The minimum Gasteiger partial charge on any atom is -0.379 e. The highest BCUT2D eigenvalue weighted by molar-refractivity contribution is 5.97. The number of carbonyl (C=O) groups excluding carboxylic acids is 2. The molecule has 7 heteroatoms. The van der Waals surface area contributed by atoms with E-state index in [0.29, 0.717) is 23.8 Å². The molecule has 1 aromatic rings. The van der Waals surface area contributed by atoms with Gasteiger partial charge in [0.1, 0.15) is 0 Å². The molecule has 3 N–H and O–H groups in total. The van der Waals surface area contributed by atoms with Gasteiger partial charge in [0.15, 0.2) is 0 Å². The van der Waals surface area contributed by atoms with Gasteiger partial charge in [-0.25, -0.2) is 4.79 Å². The quantitative estimate of drug-likeness (QED) is 0.712. The third kappa shape index (κ3) is 5.43. The fourth-order valence-electron chi connectivity index (χ4n) is 3.14. The molecular formula is C20H30N4O3. The number of anilines is 1. The van der Waals surface area contributed by atoms with Gasteiger partial charge in [-0.15, -0.1) is 0 Å². The molecule has 7 nitrogen and oxygen atoms in total. The number of morpholine rings is 1. The zero-order valence-corrected chi connectivity index (χ0v) is 16.4. The molecule has 0 radical (unpaired) electrons. The summed E-state index contributed by atoms with van der Waals surface area (Å²) in [7, 11) is 0. The van der Waals surface area contributed by atoms with Gasteiger partial charge in [0.25, 0.3) is 5.91 Å². The summed E-state index contributed by atoms with van der Waals surface area (Å²) in [6.07, 6.45) is 2.09. The van der Waals surface area contributed by atoms with E-state index in [1.54, 1.807) is 12.1 Å². The molecular weight excluding hydrogens is 344 g/mol. The number of nitrogens with zero attached hydrogens (tertiary/aromatic N) is 1. The van der Waals surface area contributed by atoms with E-state index in [4.69, 9.17) is 4.74 Å². The van der Waals surface area contributed by atoms with Crippen molar-refractivity contribution in [2.45, 2.75) is 45.2 Å². The van der Waals surface area contributed by atoms with Crippen LogP contribution in [-0.2, 0) is 4.74 Å². The Morgan fingerprint density at radius 3 is 2.59 bits per heavy atom. The van der Waals surface area contributed by atoms with Crippen molar-refractivity contribution in [1.29, 1.82) is 0 Å². The van der Waals surface area contributed by atoms with Crippen molar-refractivity contribution in [3.05, 3.63) is 29.3 Å². The first-order valence-corrected chi connectivity index (χ1v) is 9.64. The number of amides is 3. The highest BCUT2D eigenvalue weighted by Gasteiger charge is 2.28. The Balaban J connectivity index is 1.55. The van der Waals surface area contributed by atoms with Crippen LogP contribution in [0.2, 0.25) is 0 Å². The first kappa shape index (κ1) is 19.6. The van der Waals surface area contributed by atoms with Crippen molar-refractivity contribution in [2.24, 2.45) is 0 Å². The maximum absolute atomic E-state index is 12.4. The fourth-order valence-corrected chi connectivity index (χ4v) is 3.14. The van der Waals surface area contributed by atoms with Crippen LogP contribution in [0.1, 0.15) is 42.6 Å². The minimum absolute atomic E-state index is 0.0885. The van der Waals surface area contributed by atoms with E-state index in [0.717, 1.165) is 44.7 Å². The Morgan fingerprint density at radius 2 is 1.93 bits per heavy atom. The van der Waals surface area contributed by atoms with Crippen LogP contribution in [0.3, 0.4) is 0 Å². The van der Waals surface area contributed by atoms with E-state index in [1.807, 2.05) is 13.0 Å². The monoisotopic (exact) mass is 374 g/mol. The molecule has 1 aliphatic carbocycles. The molecule has 27 heavy (non-hydrogen) atoms. The smallest absolute Gasteiger partial charge is 0.319 e. The molecule has 0 bridgehead atoms. The molecule has 2 fully saturated rings. The summed E-state index contributed by atoms with van der Waals surface area (Å²) in [5, 5.41) is 8.80. The maximum atomic E-state index is 12.4. The molecule has 1 saturated carbocycles. The first-order chi connectivity index (χ1) is 12.8. The number of ether oxygens (including phenoxy) is 1. The van der Waals surface area contributed by atoms with Gasteiger partial charge in [-0.2, -0.15) is 0 Å². The predicted octanol–water partition coefficient (Wildman–Crippen LogP) is 2.12. The summed E-state index contributed by atoms with van der Waals surface area (Å²) in [6.45, 7) is 9.87. The second-order valence-corrected chi connectivity index (χ2v) is 8.00. The lowest BCUT2D eigenvalue weighted by atomic mass is 10.0. The van der Waals surface area contributed by atoms with Crippen molar-refractivity contribution >= 4 is 17.6 Å². The molecule has 3 amide bonds. The van der Waals surface area contributed by atoms with Gasteiger partial charge in [0.05, 0.1) is 13.2 Å². The lowest BCUT2D eigenvalue weighted by molar-refractivity contribution is -0.00863. The maximum Gasteiger partial charge on any atom is 0.319 e. The third-order valence-electron chi connectivity index (χ3n) is 5.21. The van der Waals surface area contributed by atoms with Crippen LogP contribution < -0.4 is 16.0 Å². The summed E-state index contributed by atoms with van der Waals surface area (Å²) in [6, 6.07) is 5.42. The molecule has 2 aliphatic rings. The number of rotatable bonds is 6. The summed E-state index contributed by atoms with van der Waals surface area (Å²) in [4.78, 5) is 26.9. The zero-order chi connectivity index (χ0) is 19.4. The average Bonchev–Trinajstić information content (AvgIpc) is 3.46. The van der Waals surface area contributed by atoms with E-state index in [2.05, 4.69) is 34.7 Å². The molecule has 1 saturated heterocycles. The lowest BCUT2D eigenvalue weighted by Gasteiger charge is -2.40. The normalized spacial score (nSPS) is 18.0. The SMILES string of the molecule is Cc1ccc(C(=O)NC2CC2)cc1NC(=O)NCC(C)(C)N1CCOCC1. The van der Waals surface area contributed by atoms with Gasteiger partial charge < -0.3 is 20.7 Å². The Kier molecular flexibility index (Phi) is 6.01. The van der Waals surface area contributed by atoms with Gasteiger partial charge in [0.2, 0.25) is 0 Å². The summed E-state index contributed by atoms with van der Waals surface area (Å²) in [5.74, 6) is -0.0885. The second kappa shape index (κ2) is 8.27. The van der Waals surface area contributed by atoms with Crippen LogP contribution in [0.4, 0.5) is 10.5 Å². The topological polar surface area (TPSA) is 82.7 Å². The van der Waals surface area contributed by atoms with E-state index in [9.17, 15) is 9.59 Å². The Bertz CT molecular complexity index is 694. The standard InChI is InChI=1S/C20H30N4O3/c1-14-4-5-15(18(25)22-16-6-7-16)12-17(14)23-19(26)21-13-20(2,3)24-8-10-27-11-9-24/h4-5,12,16H,6-11,13H2,1-3H3,(H,22,25)(H2,21,23,26). The van der Waals surface area contributed by atoms with E-state index >= 15 is 0 Å². The molecule has 1 aliphatic heterocycles. The predicted molar refractivity (Wildman–Crippen MR) is 105 cm³/mol. The molecule has 0 spiro atoms. The number of urea groups is 1. The molecule has 0 unspecified atom stereocenters. The van der Waals surface area contributed by atoms with Gasteiger partial charge >= 0.3 is 6.03 Å². The van der Waals surface area contributed by atoms with Crippen molar-refractivity contribution in [2.75, 3.05) is 38.2 Å². The molecule has 1 heterocycles. The van der Waals surface area contributed by atoms with E-state index in [1.165, 1.54) is 0 Å². The van der Waals surface area contributed by atoms with Crippen LogP contribution in [0.25, 0.3) is 0 Å². The Morgan fingerprint density at radius 1 is 1.22 bits per heavy atom. The van der Waals surface area contributed by atoms with Crippen molar-refractivity contribution in [3.63, 3.8) is 0 Å². The average molecular weight is 374 g/mol. The highest BCUT2D eigenvalue weighted by atomic mass is 16.5. The fraction of sp³-hybridized carbons (Fsp3) is 0.600. The van der Waals surface area contributed by atoms with E-state index < -0.39 is 0 Å². The lowest BCUT2D eigenvalue weighted by Crippen LogP contribution is -2.55. The van der Waals surface area contributed by atoms with Crippen molar-refractivity contribution in [1.82, 2.24) is 15.5 Å². The number of nitrogens with one attached hydrogen (secondary N) is 3. The molecule has 3 rings (SSSR count). The van der Waals surface area contributed by atoms with Crippen LogP contribution in [-0.4, -0.2) is 61.3 Å². The molecule has 0 atom stereocenters. The molecule has 1 aromatic carbocycles. The number of aryl methyl sites for hydroxylation is 1. The Labute approximate surface area is 160 Å². The zero-order valence-electron chi connectivity index (χ0n) is 16.4. The summed E-state index contributed by atoms with van der Waals surface area (Å²) in [5.41, 5.74) is 1.99. The number of hydrogen-bond donors (Lipinski definition) is 3. The second-order valence-electron chi connectivity index (χ2n) is 8.00. The summed E-state index contributed by atoms with van der Waals surface area (Å²) >= 11 is 0. The molecule has 148 valence electrons. The number of hydrogen-bond acceptors (Lipinski definition) is 4. The van der Waals surface area contributed by atoms with Gasteiger partial charge in [0, 0.05) is 42.5 Å². The van der Waals surface area contributed by atoms with Gasteiger partial charge in [-0.05, 0) is 51.3 Å². The van der Waals surface area contributed by atoms with Crippen molar-refractivity contribution in [3.8, 4) is 0 Å².